The van der Waals surface area contributed by atoms with Crippen LogP contribution in [0.4, 0.5) is 4.39 Å². The third kappa shape index (κ3) is 4.05. The van der Waals surface area contributed by atoms with Crippen molar-refractivity contribution in [3.63, 3.8) is 0 Å². The Morgan fingerprint density at radius 2 is 1.89 bits per heavy atom. The Labute approximate surface area is 160 Å². The molecule has 3 aromatic rings. The minimum atomic E-state index is -0.841. The third-order valence-corrected chi connectivity index (χ3v) is 4.92. The van der Waals surface area contributed by atoms with E-state index in [4.69, 9.17) is 4.52 Å². The van der Waals surface area contributed by atoms with Gasteiger partial charge in [-0.25, -0.2) is 9.37 Å². The first-order chi connectivity index (χ1) is 12.6. The van der Waals surface area contributed by atoms with Gasteiger partial charge in [-0.2, -0.15) is 4.98 Å². The first-order valence-corrected chi connectivity index (χ1v) is 9.27. The maximum absolute atomic E-state index is 13.9. The van der Waals surface area contributed by atoms with Crippen LogP contribution < -0.4 is 5.32 Å². The summed E-state index contributed by atoms with van der Waals surface area (Å²) >= 11 is 1.13. The van der Waals surface area contributed by atoms with Crippen molar-refractivity contribution in [2.75, 3.05) is 0 Å². The van der Waals surface area contributed by atoms with Gasteiger partial charge in [-0.1, -0.05) is 38.1 Å². The second kappa shape index (κ2) is 6.84. The van der Waals surface area contributed by atoms with Crippen LogP contribution >= 0.6 is 11.3 Å². The highest BCUT2D eigenvalue weighted by atomic mass is 32.1. The number of benzene rings is 1. The highest BCUT2D eigenvalue weighted by molar-refractivity contribution is 7.16. The molecule has 0 aliphatic carbocycles. The average molecular weight is 388 g/mol. The van der Waals surface area contributed by atoms with Crippen LogP contribution in [0.25, 0.3) is 10.6 Å². The van der Waals surface area contributed by atoms with E-state index in [0.717, 1.165) is 11.3 Å². The molecule has 1 N–H and O–H groups in total. The molecule has 27 heavy (non-hydrogen) atoms. The van der Waals surface area contributed by atoms with Crippen LogP contribution in [0.2, 0.25) is 0 Å². The number of carbonyl (C=O) groups is 1. The molecule has 0 atom stereocenters. The molecule has 1 amide bonds. The molecule has 0 aliphatic rings. The maximum atomic E-state index is 13.9. The molecule has 0 saturated carbocycles. The smallest absolute Gasteiger partial charge is 0.263 e. The van der Waals surface area contributed by atoms with Gasteiger partial charge in [0, 0.05) is 11.0 Å². The normalized spacial score (nSPS) is 12.2. The Kier molecular flexibility index (Phi) is 4.86. The Hall–Kier alpha value is -2.61. The highest BCUT2D eigenvalue weighted by Crippen LogP contribution is 2.28. The largest absolute Gasteiger partial charge is 0.339 e. The number of hydrogen-bond donors (Lipinski definition) is 1. The molecule has 3 rings (SSSR count). The molecule has 1 aromatic carbocycles. The summed E-state index contributed by atoms with van der Waals surface area (Å²) < 4.78 is 19.2. The fourth-order valence-corrected chi connectivity index (χ4v) is 3.16. The number of nitrogens with zero attached hydrogens (tertiary/aromatic N) is 3. The summed E-state index contributed by atoms with van der Waals surface area (Å²) in [6.45, 7) is 9.49. The number of rotatable bonds is 4. The molecule has 142 valence electrons. The van der Waals surface area contributed by atoms with Gasteiger partial charge in [-0.3, -0.25) is 4.79 Å². The topological polar surface area (TPSA) is 80.9 Å². The van der Waals surface area contributed by atoms with Crippen molar-refractivity contribution in [3.8, 4) is 10.6 Å². The monoisotopic (exact) mass is 388 g/mol. The van der Waals surface area contributed by atoms with E-state index >= 15 is 0 Å². The number of nitrogens with one attached hydrogen (secondary N) is 1. The lowest BCUT2D eigenvalue weighted by Gasteiger charge is -2.21. The summed E-state index contributed by atoms with van der Waals surface area (Å²) in [7, 11) is 0. The molecule has 0 fully saturated rings. The van der Waals surface area contributed by atoms with E-state index in [9.17, 15) is 9.18 Å². The second-order valence-electron chi connectivity index (χ2n) is 7.76. The molecular formula is C19H21FN4O2S. The van der Waals surface area contributed by atoms with Crippen molar-refractivity contribution in [1.82, 2.24) is 20.4 Å². The van der Waals surface area contributed by atoms with E-state index in [-0.39, 0.29) is 17.1 Å². The van der Waals surface area contributed by atoms with Crippen molar-refractivity contribution < 1.29 is 13.7 Å². The van der Waals surface area contributed by atoms with E-state index in [1.165, 1.54) is 12.3 Å². The van der Waals surface area contributed by atoms with Crippen molar-refractivity contribution in [2.45, 2.75) is 45.6 Å². The molecule has 0 spiro atoms. The summed E-state index contributed by atoms with van der Waals surface area (Å²) in [6.07, 6.45) is 1.44. The summed E-state index contributed by atoms with van der Waals surface area (Å²) in [5.41, 5.74) is -0.752. The average Bonchev–Trinajstić information content (AvgIpc) is 3.24. The van der Waals surface area contributed by atoms with Crippen molar-refractivity contribution in [2.24, 2.45) is 0 Å². The standard InChI is InChI=1S/C19H21FN4O2S/c1-18(2,3)17-22-16(24-26-17)19(4,5)23-14(25)13-10-21-15(27-13)11-8-6-7-9-12(11)20/h6-10H,1-5H3,(H,23,25). The summed E-state index contributed by atoms with van der Waals surface area (Å²) in [4.78, 5) is 21.6. The molecule has 0 aliphatic heterocycles. The zero-order valence-corrected chi connectivity index (χ0v) is 16.6. The number of aromatic nitrogens is 3. The van der Waals surface area contributed by atoms with E-state index < -0.39 is 5.54 Å². The first-order valence-electron chi connectivity index (χ1n) is 8.46. The fraction of sp³-hybridized carbons (Fsp3) is 0.368. The first kappa shape index (κ1) is 19.2. The predicted molar refractivity (Wildman–Crippen MR) is 101 cm³/mol. The number of amides is 1. The lowest BCUT2D eigenvalue weighted by atomic mass is 9.97. The quantitative estimate of drug-likeness (QED) is 0.721. The summed E-state index contributed by atoms with van der Waals surface area (Å²) in [5.74, 6) is 0.182. The second-order valence-corrected chi connectivity index (χ2v) is 8.79. The number of thiazole rings is 1. The van der Waals surface area contributed by atoms with Crippen LogP contribution in [0.5, 0.6) is 0 Å². The van der Waals surface area contributed by atoms with Gasteiger partial charge in [0.05, 0.1) is 11.7 Å². The minimum absolute atomic E-state index is 0.280. The van der Waals surface area contributed by atoms with E-state index in [0.29, 0.717) is 27.2 Å². The van der Waals surface area contributed by atoms with Crippen molar-refractivity contribution in [1.29, 1.82) is 0 Å². The van der Waals surface area contributed by atoms with Crippen molar-refractivity contribution in [3.05, 3.63) is 52.9 Å². The Bertz CT molecular complexity index is 972. The molecule has 0 saturated heterocycles. The van der Waals surface area contributed by atoms with Crippen LogP contribution in [0.1, 0.15) is 56.0 Å². The zero-order chi connectivity index (χ0) is 19.8. The molecule has 0 bridgehead atoms. The molecule has 0 unspecified atom stereocenters. The van der Waals surface area contributed by atoms with Gasteiger partial charge in [0.25, 0.3) is 5.91 Å². The third-order valence-electron chi connectivity index (χ3n) is 3.89. The lowest BCUT2D eigenvalue weighted by Crippen LogP contribution is -2.41. The number of carbonyl (C=O) groups excluding carboxylic acids is 1. The van der Waals surface area contributed by atoms with E-state index in [1.807, 2.05) is 20.8 Å². The predicted octanol–water partition coefficient (Wildman–Crippen LogP) is 4.29. The van der Waals surface area contributed by atoms with Gasteiger partial charge < -0.3 is 9.84 Å². The van der Waals surface area contributed by atoms with Crippen molar-refractivity contribution >= 4 is 17.2 Å². The zero-order valence-electron chi connectivity index (χ0n) is 15.8. The van der Waals surface area contributed by atoms with Gasteiger partial charge in [-0.05, 0) is 26.0 Å². The van der Waals surface area contributed by atoms with Crippen LogP contribution in [0.3, 0.4) is 0 Å². The molecule has 0 radical (unpaired) electrons. The lowest BCUT2D eigenvalue weighted by molar-refractivity contribution is 0.0911. The SMILES string of the molecule is CC(C)(C)c1nc(C(C)(C)NC(=O)c2cnc(-c3ccccc3F)s2)no1. The molecule has 8 heteroatoms. The number of hydrogen-bond acceptors (Lipinski definition) is 6. The molecular weight excluding hydrogens is 367 g/mol. The fourth-order valence-electron chi connectivity index (χ4n) is 2.32. The maximum Gasteiger partial charge on any atom is 0.263 e. The Morgan fingerprint density at radius 1 is 1.19 bits per heavy atom. The van der Waals surface area contributed by atoms with Gasteiger partial charge >= 0.3 is 0 Å². The number of halogens is 1. The molecule has 2 heterocycles. The van der Waals surface area contributed by atoms with Gasteiger partial charge in [0.1, 0.15) is 15.7 Å². The van der Waals surface area contributed by atoms with Gasteiger partial charge in [0.15, 0.2) is 5.82 Å². The van der Waals surface area contributed by atoms with Gasteiger partial charge in [0.2, 0.25) is 5.89 Å². The summed E-state index contributed by atoms with van der Waals surface area (Å²) in [5, 5.41) is 7.34. The van der Waals surface area contributed by atoms with Crippen LogP contribution in [0.15, 0.2) is 35.0 Å². The molecule has 2 aromatic heterocycles. The molecule has 6 nitrogen and oxygen atoms in total. The van der Waals surface area contributed by atoms with Crippen LogP contribution in [-0.2, 0) is 11.0 Å². The highest BCUT2D eigenvalue weighted by Gasteiger charge is 2.32. The minimum Gasteiger partial charge on any atom is -0.339 e. The summed E-state index contributed by atoms with van der Waals surface area (Å²) in [6, 6.07) is 6.33. The van der Waals surface area contributed by atoms with Gasteiger partial charge in [-0.15, -0.1) is 11.3 Å². The Balaban J connectivity index is 1.79. The van der Waals surface area contributed by atoms with E-state index in [2.05, 4.69) is 20.4 Å². The van der Waals surface area contributed by atoms with E-state index in [1.54, 1.807) is 32.0 Å². The van der Waals surface area contributed by atoms with Crippen LogP contribution in [0, 0.1) is 5.82 Å². The Morgan fingerprint density at radius 3 is 2.52 bits per heavy atom. The van der Waals surface area contributed by atoms with Crippen LogP contribution in [-0.4, -0.2) is 21.0 Å².